The number of anilines is 2. The lowest BCUT2D eigenvalue weighted by atomic mass is 10.2. The lowest BCUT2D eigenvalue weighted by Gasteiger charge is -2.13. The Kier molecular flexibility index (Phi) is 5.73. The maximum Gasteiger partial charge on any atom is 0.433 e. The van der Waals surface area contributed by atoms with Crippen molar-refractivity contribution in [1.29, 1.82) is 0 Å². The Morgan fingerprint density at radius 1 is 1.20 bits per heavy atom. The van der Waals surface area contributed by atoms with E-state index in [9.17, 15) is 18.0 Å². The standard InChI is InChI=1S/C15H17F3N6O/c1-24(2)11-7-13(23-22-9-11)19-5-6-20-14(25)10-3-4-12(21-8-10)15(16,17)18/h3-4,7-9H,5-6H2,1-2H3,(H,19,23)(H,20,25). The van der Waals surface area contributed by atoms with E-state index < -0.39 is 17.8 Å². The average molecular weight is 354 g/mol. The summed E-state index contributed by atoms with van der Waals surface area (Å²) in [6.45, 7) is 0.638. The third-order valence-corrected chi connectivity index (χ3v) is 3.19. The van der Waals surface area contributed by atoms with Crippen molar-refractivity contribution in [3.63, 3.8) is 0 Å². The molecule has 0 unspecified atom stereocenters. The molecule has 2 aromatic rings. The maximum atomic E-state index is 12.4. The number of hydrogen-bond acceptors (Lipinski definition) is 6. The van der Waals surface area contributed by atoms with Crippen LogP contribution in [0.5, 0.6) is 0 Å². The highest BCUT2D eigenvalue weighted by atomic mass is 19.4. The first-order valence-electron chi connectivity index (χ1n) is 7.33. The van der Waals surface area contributed by atoms with Gasteiger partial charge in [0, 0.05) is 39.4 Å². The quantitative estimate of drug-likeness (QED) is 0.770. The van der Waals surface area contributed by atoms with Gasteiger partial charge < -0.3 is 15.5 Å². The summed E-state index contributed by atoms with van der Waals surface area (Å²) in [5.41, 5.74) is -0.107. The summed E-state index contributed by atoms with van der Waals surface area (Å²) < 4.78 is 37.3. The molecule has 10 heteroatoms. The number of alkyl halides is 3. The molecule has 0 aromatic carbocycles. The molecule has 0 aliphatic rings. The molecule has 0 fully saturated rings. The summed E-state index contributed by atoms with van der Waals surface area (Å²) in [4.78, 5) is 17.0. The zero-order valence-corrected chi connectivity index (χ0v) is 13.6. The summed E-state index contributed by atoms with van der Waals surface area (Å²) in [6.07, 6.45) is -2.01. The van der Waals surface area contributed by atoms with Gasteiger partial charge in [-0.25, -0.2) is 0 Å². The third-order valence-electron chi connectivity index (χ3n) is 3.19. The maximum absolute atomic E-state index is 12.4. The number of pyridine rings is 1. The molecule has 7 nitrogen and oxygen atoms in total. The van der Waals surface area contributed by atoms with Crippen molar-refractivity contribution in [1.82, 2.24) is 20.5 Å². The second kappa shape index (κ2) is 7.77. The van der Waals surface area contributed by atoms with E-state index in [0.717, 1.165) is 24.0 Å². The molecule has 2 rings (SSSR count). The van der Waals surface area contributed by atoms with Crippen LogP contribution < -0.4 is 15.5 Å². The fourth-order valence-electron chi connectivity index (χ4n) is 1.85. The molecule has 0 saturated heterocycles. The summed E-state index contributed by atoms with van der Waals surface area (Å²) >= 11 is 0. The number of rotatable bonds is 6. The first kappa shape index (κ1) is 18.4. The number of nitrogens with zero attached hydrogens (tertiary/aromatic N) is 4. The average Bonchev–Trinajstić information content (AvgIpc) is 2.58. The summed E-state index contributed by atoms with van der Waals surface area (Å²) in [7, 11) is 3.75. The van der Waals surface area contributed by atoms with Gasteiger partial charge in [0.25, 0.3) is 5.91 Å². The molecule has 0 radical (unpaired) electrons. The fraction of sp³-hybridized carbons (Fsp3) is 0.333. The molecule has 0 aliphatic carbocycles. The Bertz CT molecular complexity index is 718. The van der Waals surface area contributed by atoms with Crippen molar-refractivity contribution >= 4 is 17.4 Å². The van der Waals surface area contributed by atoms with Crippen LogP contribution in [0.15, 0.2) is 30.6 Å². The minimum atomic E-state index is -4.53. The molecule has 0 saturated carbocycles. The second-order valence-corrected chi connectivity index (χ2v) is 5.31. The highest BCUT2D eigenvalue weighted by Crippen LogP contribution is 2.27. The lowest BCUT2D eigenvalue weighted by molar-refractivity contribution is -0.141. The van der Waals surface area contributed by atoms with E-state index in [-0.39, 0.29) is 12.1 Å². The van der Waals surface area contributed by atoms with E-state index in [2.05, 4.69) is 25.8 Å². The van der Waals surface area contributed by atoms with Crippen molar-refractivity contribution < 1.29 is 18.0 Å². The summed E-state index contributed by atoms with van der Waals surface area (Å²) in [5, 5.41) is 13.3. The summed E-state index contributed by atoms with van der Waals surface area (Å²) in [5.74, 6) is 0.0489. The molecule has 0 atom stereocenters. The van der Waals surface area contributed by atoms with Crippen molar-refractivity contribution in [2.45, 2.75) is 6.18 Å². The van der Waals surface area contributed by atoms with Crippen LogP contribution >= 0.6 is 0 Å². The predicted molar refractivity (Wildman–Crippen MR) is 86.4 cm³/mol. The van der Waals surface area contributed by atoms with Crippen molar-refractivity contribution in [2.75, 3.05) is 37.4 Å². The Hall–Kier alpha value is -2.91. The van der Waals surface area contributed by atoms with E-state index in [1.165, 1.54) is 0 Å². The van der Waals surface area contributed by atoms with Crippen LogP contribution in [0.4, 0.5) is 24.7 Å². The number of halogens is 3. The first-order valence-corrected chi connectivity index (χ1v) is 7.33. The number of nitrogens with one attached hydrogen (secondary N) is 2. The van der Waals surface area contributed by atoms with Crippen LogP contribution in [0.3, 0.4) is 0 Å². The van der Waals surface area contributed by atoms with E-state index in [1.54, 1.807) is 12.3 Å². The topological polar surface area (TPSA) is 83.0 Å². The largest absolute Gasteiger partial charge is 0.433 e. The fourth-order valence-corrected chi connectivity index (χ4v) is 1.85. The van der Waals surface area contributed by atoms with Crippen LogP contribution in [0.1, 0.15) is 16.1 Å². The van der Waals surface area contributed by atoms with Gasteiger partial charge >= 0.3 is 6.18 Å². The van der Waals surface area contributed by atoms with Crippen molar-refractivity contribution in [2.24, 2.45) is 0 Å². The Morgan fingerprint density at radius 3 is 2.56 bits per heavy atom. The van der Waals surface area contributed by atoms with Gasteiger partial charge in [0.1, 0.15) is 5.69 Å². The van der Waals surface area contributed by atoms with Crippen LogP contribution in [0, 0.1) is 0 Å². The van der Waals surface area contributed by atoms with Crippen LogP contribution in [0.2, 0.25) is 0 Å². The minimum absolute atomic E-state index is 0.0578. The minimum Gasteiger partial charge on any atom is -0.376 e. The molecule has 2 aromatic heterocycles. The van der Waals surface area contributed by atoms with E-state index in [4.69, 9.17) is 0 Å². The number of aromatic nitrogens is 3. The molecule has 0 aliphatic heterocycles. The van der Waals surface area contributed by atoms with Gasteiger partial charge in [-0.05, 0) is 12.1 Å². The van der Waals surface area contributed by atoms with Gasteiger partial charge in [-0.3, -0.25) is 9.78 Å². The third kappa shape index (κ3) is 5.30. The first-order chi connectivity index (χ1) is 11.8. The second-order valence-electron chi connectivity index (χ2n) is 5.31. The molecule has 25 heavy (non-hydrogen) atoms. The molecule has 0 spiro atoms. The van der Waals surface area contributed by atoms with E-state index in [1.807, 2.05) is 19.0 Å². The van der Waals surface area contributed by atoms with Gasteiger partial charge in [-0.2, -0.15) is 18.3 Å². The smallest absolute Gasteiger partial charge is 0.376 e. The number of amides is 1. The molecule has 2 N–H and O–H groups in total. The zero-order valence-electron chi connectivity index (χ0n) is 13.6. The molecule has 2 heterocycles. The molecular formula is C15H17F3N6O. The van der Waals surface area contributed by atoms with Gasteiger partial charge in [-0.1, -0.05) is 0 Å². The van der Waals surface area contributed by atoms with Crippen LogP contribution in [-0.4, -0.2) is 48.3 Å². The van der Waals surface area contributed by atoms with E-state index >= 15 is 0 Å². The number of hydrogen-bond donors (Lipinski definition) is 2. The molecule has 0 bridgehead atoms. The molecule has 134 valence electrons. The zero-order chi connectivity index (χ0) is 18.4. The van der Waals surface area contributed by atoms with Crippen molar-refractivity contribution in [3.05, 3.63) is 41.9 Å². The van der Waals surface area contributed by atoms with Gasteiger partial charge in [0.05, 0.1) is 17.4 Å². The lowest BCUT2D eigenvalue weighted by Crippen LogP contribution is -2.29. The Morgan fingerprint density at radius 2 is 1.96 bits per heavy atom. The normalized spacial score (nSPS) is 11.1. The van der Waals surface area contributed by atoms with Crippen LogP contribution in [-0.2, 0) is 6.18 Å². The van der Waals surface area contributed by atoms with Crippen molar-refractivity contribution in [3.8, 4) is 0 Å². The monoisotopic (exact) mass is 354 g/mol. The highest BCUT2D eigenvalue weighted by Gasteiger charge is 2.32. The SMILES string of the molecule is CN(C)c1cnnc(NCCNC(=O)c2ccc(C(F)(F)F)nc2)c1. The van der Waals surface area contributed by atoms with Gasteiger partial charge in [-0.15, -0.1) is 5.10 Å². The predicted octanol–water partition coefficient (Wildman–Crippen LogP) is 1.80. The molecular weight excluding hydrogens is 337 g/mol. The summed E-state index contributed by atoms with van der Waals surface area (Å²) in [6, 6.07) is 3.66. The van der Waals surface area contributed by atoms with E-state index in [0.29, 0.717) is 12.4 Å². The highest BCUT2D eigenvalue weighted by molar-refractivity contribution is 5.93. The van der Waals surface area contributed by atoms with Crippen LogP contribution in [0.25, 0.3) is 0 Å². The Labute approximate surface area is 142 Å². The van der Waals surface area contributed by atoms with Gasteiger partial charge in [0.15, 0.2) is 5.82 Å². The van der Waals surface area contributed by atoms with Gasteiger partial charge in [0.2, 0.25) is 0 Å². The number of carbonyl (C=O) groups excluding carboxylic acids is 1. The number of carbonyl (C=O) groups is 1. The Balaban J connectivity index is 1.81. The molecule has 1 amide bonds.